The fourth-order valence-corrected chi connectivity index (χ4v) is 3.73. The number of nitrogens with one attached hydrogen (secondary N) is 1. The van der Waals surface area contributed by atoms with E-state index in [1.165, 1.54) is 0 Å². The maximum atomic E-state index is 14.5. The molecule has 0 spiro atoms. The second-order valence-electron chi connectivity index (χ2n) is 5.40. The van der Waals surface area contributed by atoms with Gasteiger partial charge >= 0.3 is 0 Å². The Balaban J connectivity index is 1.75. The van der Waals surface area contributed by atoms with E-state index in [1.807, 2.05) is 0 Å². The summed E-state index contributed by atoms with van der Waals surface area (Å²) in [7, 11) is 0. The molecule has 3 aromatic rings. The number of halogens is 4. The molecular formula is C15H10Br2F2N4. The lowest BCUT2D eigenvalue weighted by Gasteiger charge is -2.21. The first kappa shape index (κ1) is 15.0. The number of benzene rings is 1. The number of alkyl halides is 2. The minimum absolute atomic E-state index is 0.292. The van der Waals surface area contributed by atoms with Crippen molar-refractivity contribution in [3.63, 3.8) is 0 Å². The van der Waals surface area contributed by atoms with E-state index >= 15 is 0 Å². The average molecular weight is 444 g/mol. The highest BCUT2D eigenvalue weighted by molar-refractivity contribution is 9.11. The highest BCUT2D eigenvalue weighted by atomic mass is 79.9. The molecule has 0 amide bonds. The Morgan fingerprint density at radius 1 is 1.22 bits per heavy atom. The number of hydrogen-bond acceptors (Lipinski definition) is 3. The van der Waals surface area contributed by atoms with Crippen LogP contribution in [-0.4, -0.2) is 20.5 Å². The molecule has 0 saturated heterocycles. The first-order valence-electron chi connectivity index (χ1n) is 6.87. The maximum Gasteiger partial charge on any atom is 0.276 e. The molecule has 0 saturated carbocycles. The maximum absolute atomic E-state index is 14.5. The van der Waals surface area contributed by atoms with Crippen LogP contribution in [0.15, 0.2) is 45.6 Å². The summed E-state index contributed by atoms with van der Waals surface area (Å²) in [6.45, 7) is 0. The van der Waals surface area contributed by atoms with E-state index in [0.29, 0.717) is 31.5 Å². The van der Waals surface area contributed by atoms with Crippen LogP contribution in [0.5, 0.6) is 0 Å². The molecule has 118 valence electrons. The summed E-state index contributed by atoms with van der Waals surface area (Å²) >= 11 is 6.70. The summed E-state index contributed by atoms with van der Waals surface area (Å²) in [6, 6.07) is 5.81. The van der Waals surface area contributed by atoms with E-state index in [9.17, 15) is 8.78 Å². The Hall–Kier alpha value is -1.54. The molecule has 2 heterocycles. The van der Waals surface area contributed by atoms with Gasteiger partial charge in [-0.3, -0.25) is 0 Å². The largest absolute Gasteiger partial charge is 0.357 e. The van der Waals surface area contributed by atoms with Crippen molar-refractivity contribution in [3.05, 3.63) is 56.7 Å². The van der Waals surface area contributed by atoms with E-state index in [1.54, 1.807) is 41.2 Å². The minimum Gasteiger partial charge on any atom is -0.357 e. The lowest BCUT2D eigenvalue weighted by molar-refractivity contribution is -0.00723. The molecule has 2 aromatic heterocycles. The van der Waals surface area contributed by atoms with Crippen molar-refractivity contribution in [2.45, 2.75) is 18.4 Å². The summed E-state index contributed by atoms with van der Waals surface area (Å²) in [5.41, 5.74) is 1.81. The number of hydrogen-bond donors (Lipinski definition) is 1. The zero-order valence-electron chi connectivity index (χ0n) is 11.6. The molecule has 1 unspecified atom stereocenters. The zero-order valence-corrected chi connectivity index (χ0v) is 14.8. The van der Waals surface area contributed by atoms with E-state index in [2.05, 4.69) is 47.3 Å². The molecule has 8 heteroatoms. The Morgan fingerprint density at radius 3 is 2.87 bits per heavy atom. The molecule has 0 bridgehead atoms. The summed E-state index contributed by atoms with van der Waals surface area (Å²) in [5, 5.41) is 6.97. The summed E-state index contributed by atoms with van der Waals surface area (Å²) in [4.78, 5) is 4.36. The fraction of sp³-hybridized carbons (Fsp3) is 0.200. The van der Waals surface area contributed by atoms with Gasteiger partial charge in [-0.15, -0.1) is 0 Å². The van der Waals surface area contributed by atoms with Crippen molar-refractivity contribution in [2.75, 3.05) is 5.32 Å². The van der Waals surface area contributed by atoms with Crippen LogP contribution in [0, 0.1) is 0 Å². The van der Waals surface area contributed by atoms with Crippen molar-refractivity contribution in [2.24, 2.45) is 0 Å². The van der Waals surface area contributed by atoms with Gasteiger partial charge in [0, 0.05) is 17.1 Å². The molecule has 1 N–H and O–H groups in total. The first-order chi connectivity index (χ1) is 11.0. The quantitative estimate of drug-likeness (QED) is 0.629. The molecule has 4 rings (SSSR count). The third-order valence-electron chi connectivity index (χ3n) is 3.92. The second kappa shape index (κ2) is 5.24. The number of anilines is 1. The number of nitrogens with zero attached hydrogens (tertiary/aromatic N) is 3. The van der Waals surface area contributed by atoms with Gasteiger partial charge < -0.3 is 5.32 Å². The fourth-order valence-electron chi connectivity index (χ4n) is 2.85. The predicted molar refractivity (Wildman–Crippen MR) is 89.8 cm³/mol. The van der Waals surface area contributed by atoms with Gasteiger partial charge in [-0.05, 0) is 39.2 Å². The van der Waals surface area contributed by atoms with Crippen LogP contribution in [0.25, 0.3) is 5.65 Å². The van der Waals surface area contributed by atoms with E-state index in [-0.39, 0.29) is 6.42 Å². The number of rotatable bonds is 2. The van der Waals surface area contributed by atoms with Crippen LogP contribution in [-0.2, 0) is 6.42 Å². The Kier molecular flexibility index (Phi) is 3.42. The molecule has 0 radical (unpaired) electrons. The molecular weight excluding hydrogens is 434 g/mol. The molecule has 0 aliphatic heterocycles. The third-order valence-corrected chi connectivity index (χ3v) is 5.22. The standard InChI is InChI=1S/C15H10Br2F2N4/c16-10-3-1-2-8-9(10)6-15(18,19)13(8)21-12-4-5-23-14(22-12)11(17)7-20-23/h1-5,7,13H,6H2,(H,21,22). The molecule has 1 aliphatic rings. The van der Waals surface area contributed by atoms with Gasteiger partial charge in [0.1, 0.15) is 11.9 Å². The van der Waals surface area contributed by atoms with E-state index < -0.39 is 12.0 Å². The van der Waals surface area contributed by atoms with Crippen LogP contribution >= 0.6 is 31.9 Å². The van der Waals surface area contributed by atoms with Crippen LogP contribution in [0.3, 0.4) is 0 Å². The topological polar surface area (TPSA) is 42.2 Å². The van der Waals surface area contributed by atoms with Gasteiger partial charge in [0.05, 0.1) is 10.7 Å². The molecule has 1 aliphatic carbocycles. The summed E-state index contributed by atoms with van der Waals surface area (Å²) in [5.74, 6) is -2.49. The lowest BCUT2D eigenvalue weighted by Crippen LogP contribution is -2.28. The Labute approximate surface area is 147 Å². The Bertz CT molecular complexity index is 910. The average Bonchev–Trinajstić information content (AvgIpc) is 3.00. The van der Waals surface area contributed by atoms with E-state index in [0.717, 1.165) is 0 Å². The van der Waals surface area contributed by atoms with Crippen LogP contribution in [0.4, 0.5) is 14.6 Å². The third kappa shape index (κ3) is 2.44. The van der Waals surface area contributed by atoms with Gasteiger partial charge in [0.15, 0.2) is 5.65 Å². The Morgan fingerprint density at radius 2 is 2.04 bits per heavy atom. The summed E-state index contributed by atoms with van der Waals surface area (Å²) in [6.07, 6.45) is 3.01. The smallest absolute Gasteiger partial charge is 0.276 e. The molecule has 0 fully saturated rings. The van der Waals surface area contributed by atoms with Crippen LogP contribution < -0.4 is 5.32 Å². The summed E-state index contributed by atoms with van der Waals surface area (Å²) < 4.78 is 31.9. The predicted octanol–water partition coefficient (Wildman–Crippen LogP) is 4.60. The van der Waals surface area contributed by atoms with Crippen LogP contribution in [0.2, 0.25) is 0 Å². The monoisotopic (exact) mass is 442 g/mol. The molecule has 4 nitrogen and oxygen atoms in total. The number of aromatic nitrogens is 3. The lowest BCUT2D eigenvalue weighted by atomic mass is 10.1. The highest BCUT2D eigenvalue weighted by Crippen LogP contribution is 2.47. The van der Waals surface area contributed by atoms with Gasteiger partial charge in [-0.2, -0.15) is 5.10 Å². The molecule has 1 atom stereocenters. The van der Waals surface area contributed by atoms with Crippen molar-refractivity contribution in [3.8, 4) is 0 Å². The van der Waals surface area contributed by atoms with Gasteiger partial charge in [0.2, 0.25) is 0 Å². The van der Waals surface area contributed by atoms with Gasteiger partial charge in [0.25, 0.3) is 5.92 Å². The minimum atomic E-state index is -2.88. The second-order valence-corrected chi connectivity index (χ2v) is 7.10. The van der Waals surface area contributed by atoms with Gasteiger partial charge in [-0.25, -0.2) is 18.3 Å². The van der Waals surface area contributed by atoms with Crippen molar-refractivity contribution in [1.82, 2.24) is 14.6 Å². The SMILES string of the molecule is FC1(F)Cc2c(Br)cccc2C1Nc1ccn2ncc(Br)c2n1. The van der Waals surface area contributed by atoms with Crippen molar-refractivity contribution in [1.29, 1.82) is 0 Å². The number of fused-ring (bicyclic) bond motifs is 2. The van der Waals surface area contributed by atoms with Crippen molar-refractivity contribution < 1.29 is 8.78 Å². The highest BCUT2D eigenvalue weighted by Gasteiger charge is 2.48. The van der Waals surface area contributed by atoms with Gasteiger partial charge in [-0.1, -0.05) is 28.1 Å². The zero-order chi connectivity index (χ0) is 16.2. The van der Waals surface area contributed by atoms with Crippen LogP contribution in [0.1, 0.15) is 17.2 Å². The first-order valence-corrected chi connectivity index (χ1v) is 8.46. The van der Waals surface area contributed by atoms with E-state index in [4.69, 9.17) is 0 Å². The molecule has 1 aromatic carbocycles. The van der Waals surface area contributed by atoms with Crippen molar-refractivity contribution >= 4 is 43.3 Å². The normalized spacial score (nSPS) is 19.0. The molecule has 23 heavy (non-hydrogen) atoms.